The molecule has 200 valence electrons. The second-order valence-electron chi connectivity index (χ2n) is 10.1. The molecule has 0 aliphatic carbocycles. The van der Waals surface area contributed by atoms with E-state index in [0.29, 0.717) is 11.3 Å². The standard InChI is InChI=1S/C28H36N2O7/c1-18(2)35-25-22(34-6)13-12-20-17-30(27(33)37-28(3,4)5)15-14-23(31)29-21(26(32)36-24(20)25)16-19-10-8-7-9-11-19/h7-13,18,21H,14-17H2,1-6H3,(H,29,31)/t21-/m0/s1. The first-order chi connectivity index (χ1) is 17.5. The van der Waals surface area contributed by atoms with Gasteiger partial charge in [-0.25, -0.2) is 9.59 Å². The van der Waals surface area contributed by atoms with Crippen LogP contribution in [0.15, 0.2) is 42.5 Å². The smallest absolute Gasteiger partial charge is 0.410 e. The van der Waals surface area contributed by atoms with Gasteiger partial charge in [0.25, 0.3) is 0 Å². The molecule has 1 heterocycles. The lowest BCUT2D eigenvalue weighted by molar-refractivity contribution is -0.139. The Kier molecular flexibility index (Phi) is 9.02. The molecule has 0 unspecified atom stereocenters. The van der Waals surface area contributed by atoms with Crippen LogP contribution in [0.3, 0.4) is 0 Å². The Morgan fingerprint density at radius 1 is 1.14 bits per heavy atom. The first-order valence-corrected chi connectivity index (χ1v) is 12.4. The summed E-state index contributed by atoms with van der Waals surface area (Å²) in [4.78, 5) is 40.8. The van der Waals surface area contributed by atoms with Crippen LogP contribution in [0.2, 0.25) is 0 Å². The fourth-order valence-electron chi connectivity index (χ4n) is 3.81. The molecule has 2 aromatic rings. The molecule has 9 nitrogen and oxygen atoms in total. The molecule has 0 aromatic heterocycles. The number of fused-ring (bicyclic) bond motifs is 1. The molecule has 3 rings (SSSR count). The SMILES string of the molecule is COc1ccc2c(c1OC(C)C)OC(=O)[C@H](Cc1ccccc1)NC(=O)CCN(C(=O)OC(C)(C)C)C2. The molecule has 1 N–H and O–H groups in total. The van der Waals surface area contributed by atoms with Gasteiger partial charge >= 0.3 is 12.1 Å². The Hall–Kier alpha value is -3.75. The molecule has 1 aliphatic heterocycles. The number of carbonyl (C=O) groups is 3. The molecule has 2 amide bonds. The number of hydrogen-bond donors (Lipinski definition) is 1. The fourth-order valence-corrected chi connectivity index (χ4v) is 3.81. The van der Waals surface area contributed by atoms with Crippen molar-refractivity contribution in [1.29, 1.82) is 0 Å². The zero-order chi connectivity index (χ0) is 27.2. The molecule has 0 saturated heterocycles. The Morgan fingerprint density at radius 3 is 2.46 bits per heavy atom. The van der Waals surface area contributed by atoms with Crippen LogP contribution in [0.1, 0.15) is 52.2 Å². The topological polar surface area (TPSA) is 103 Å². The highest BCUT2D eigenvalue weighted by Gasteiger charge is 2.31. The van der Waals surface area contributed by atoms with Gasteiger partial charge in [-0.15, -0.1) is 0 Å². The van der Waals surface area contributed by atoms with Crippen molar-refractivity contribution in [2.75, 3.05) is 13.7 Å². The van der Waals surface area contributed by atoms with E-state index in [9.17, 15) is 14.4 Å². The Labute approximate surface area is 218 Å². The average molecular weight is 513 g/mol. The van der Waals surface area contributed by atoms with Gasteiger partial charge in [-0.05, 0) is 52.3 Å². The molecule has 1 atom stereocenters. The maximum Gasteiger partial charge on any atom is 0.410 e. The molecule has 2 aromatic carbocycles. The second kappa shape index (κ2) is 12.0. The van der Waals surface area contributed by atoms with Gasteiger partial charge in [0, 0.05) is 24.9 Å². The summed E-state index contributed by atoms with van der Waals surface area (Å²) in [6.07, 6.45) is -0.613. The van der Waals surface area contributed by atoms with Gasteiger partial charge in [0.15, 0.2) is 11.5 Å². The van der Waals surface area contributed by atoms with Crippen molar-refractivity contribution in [3.05, 3.63) is 53.6 Å². The summed E-state index contributed by atoms with van der Waals surface area (Å²) in [7, 11) is 1.49. The van der Waals surface area contributed by atoms with Crippen LogP contribution in [-0.2, 0) is 27.3 Å². The van der Waals surface area contributed by atoms with Gasteiger partial charge < -0.3 is 29.2 Å². The summed E-state index contributed by atoms with van der Waals surface area (Å²) in [6.45, 7) is 9.12. The third kappa shape index (κ3) is 7.87. The molecular weight excluding hydrogens is 476 g/mol. The zero-order valence-electron chi connectivity index (χ0n) is 22.3. The third-order valence-corrected chi connectivity index (χ3v) is 5.46. The summed E-state index contributed by atoms with van der Waals surface area (Å²) in [5.41, 5.74) is 0.649. The fraction of sp³-hybridized carbons (Fsp3) is 0.464. The Balaban J connectivity index is 2.07. The normalized spacial score (nSPS) is 16.7. The quantitative estimate of drug-likeness (QED) is 0.472. The molecule has 0 spiro atoms. The first-order valence-electron chi connectivity index (χ1n) is 12.4. The summed E-state index contributed by atoms with van der Waals surface area (Å²) in [5.74, 6) is -0.264. The minimum atomic E-state index is -0.950. The van der Waals surface area contributed by atoms with Crippen molar-refractivity contribution >= 4 is 18.0 Å². The lowest BCUT2D eigenvalue weighted by Gasteiger charge is -2.28. The third-order valence-electron chi connectivity index (χ3n) is 5.46. The van der Waals surface area contributed by atoms with Crippen LogP contribution in [-0.4, -0.2) is 54.3 Å². The Morgan fingerprint density at radius 2 is 1.84 bits per heavy atom. The highest BCUT2D eigenvalue weighted by molar-refractivity contribution is 5.87. The van der Waals surface area contributed by atoms with Gasteiger partial charge in [0.05, 0.1) is 19.8 Å². The highest BCUT2D eigenvalue weighted by atomic mass is 16.6. The molecule has 9 heteroatoms. The van der Waals surface area contributed by atoms with Crippen LogP contribution in [0.5, 0.6) is 17.2 Å². The number of nitrogens with one attached hydrogen (secondary N) is 1. The predicted molar refractivity (Wildman–Crippen MR) is 138 cm³/mol. The van der Waals surface area contributed by atoms with Crippen molar-refractivity contribution < 1.29 is 33.3 Å². The maximum absolute atomic E-state index is 13.5. The number of rotatable bonds is 5. The van der Waals surface area contributed by atoms with E-state index in [1.807, 2.05) is 44.2 Å². The number of nitrogens with zero attached hydrogens (tertiary/aromatic N) is 1. The first kappa shape index (κ1) is 27.8. The van der Waals surface area contributed by atoms with Gasteiger partial charge in [0.1, 0.15) is 11.6 Å². The van der Waals surface area contributed by atoms with Crippen molar-refractivity contribution in [2.45, 2.75) is 71.8 Å². The second-order valence-corrected chi connectivity index (χ2v) is 10.1. The van der Waals surface area contributed by atoms with E-state index in [1.165, 1.54) is 12.0 Å². The largest absolute Gasteiger partial charge is 0.493 e. The highest BCUT2D eigenvalue weighted by Crippen LogP contribution is 2.42. The van der Waals surface area contributed by atoms with Gasteiger partial charge in [-0.1, -0.05) is 30.3 Å². The Bertz CT molecular complexity index is 1110. The molecule has 0 radical (unpaired) electrons. The minimum absolute atomic E-state index is 0.0152. The lowest BCUT2D eigenvalue weighted by atomic mass is 10.1. The summed E-state index contributed by atoms with van der Waals surface area (Å²) in [5, 5.41) is 2.78. The van der Waals surface area contributed by atoms with E-state index in [-0.39, 0.29) is 49.4 Å². The summed E-state index contributed by atoms with van der Waals surface area (Å²) in [6, 6.07) is 11.8. The maximum atomic E-state index is 13.5. The van der Waals surface area contributed by atoms with Gasteiger partial charge in [-0.3, -0.25) is 4.79 Å². The van der Waals surface area contributed by atoms with E-state index in [2.05, 4.69) is 5.32 Å². The molecule has 0 fully saturated rings. The number of hydrogen-bond acceptors (Lipinski definition) is 7. The lowest BCUT2D eigenvalue weighted by Crippen LogP contribution is -2.45. The van der Waals surface area contributed by atoms with E-state index >= 15 is 0 Å². The number of esters is 1. The van der Waals surface area contributed by atoms with Gasteiger partial charge in [-0.2, -0.15) is 0 Å². The predicted octanol–water partition coefficient (Wildman–Crippen LogP) is 4.26. The number of carbonyl (C=O) groups excluding carboxylic acids is 3. The van der Waals surface area contributed by atoms with Crippen molar-refractivity contribution in [2.24, 2.45) is 0 Å². The van der Waals surface area contributed by atoms with Crippen molar-refractivity contribution in [1.82, 2.24) is 10.2 Å². The number of amides is 2. The summed E-state index contributed by atoms with van der Waals surface area (Å²) >= 11 is 0. The molecular formula is C28H36N2O7. The molecule has 0 bridgehead atoms. The number of methoxy groups -OCH3 is 1. The van der Waals surface area contributed by atoms with E-state index < -0.39 is 23.7 Å². The molecule has 0 saturated carbocycles. The minimum Gasteiger partial charge on any atom is -0.493 e. The number of ether oxygens (including phenoxy) is 4. The van der Waals surface area contributed by atoms with Gasteiger partial charge in [0.2, 0.25) is 11.7 Å². The molecule has 1 aliphatic rings. The van der Waals surface area contributed by atoms with Crippen LogP contribution >= 0.6 is 0 Å². The summed E-state index contributed by atoms with van der Waals surface area (Å²) < 4.78 is 23.0. The van der Waals surface area contributed by atoms with Crippen molar-refractivity contribution in [3.8, 4) is 17.2 Å². The van der Waals surface area contributed by atoms with Crippen LogP contribution < -0.4 is 19.5 Å². The zero-order valence-corrected chi connectivity index (χ0v) is 22.3. The monoisotopic (exact) mass is 512 g/mol. The number of benzene rings is 2. The average Bonchev–Trinajstić information content (AvgIpc) is 2.83. The van der Waals surface area contributed by atoms with Crippen LogP contribution in [0.25, 0.3) is 0 Å². The van der Waals surface area contributed by atoms with E-state index in [4.69, 9.17) is 18.9 Å². The van der Waals surface area contributed by atoms with Crippen LogP contribution in [0.4, 0.5) is 4.79 Å². The van der Waals surface area contributed by atoms with E-state index in [0.717, 1.165) is 5.56 Å². The van der Waals surface area contributed by atoms with E-state index in [1.54, 1.807) is 32.9 Å². The molecule has 37 heavy (non-hydrogen) atoms. The van der Waals surface area contributed by atoms with Crippen LogP contribution in [0, 0.1) is 0 Å². The van der Waals surface area contributed by atoms with Crippen molar-refractivity contribution in [3.63, 3.8) is 0 Å².